The van der Waals surface area contributed by atoms with Gasteiger partial charge >= 0.3 is 0 Å². The summed E-state index contributed by atoms with van der Waals surface area (Å²) in [5.41, 5.74) is 2.61. The van der Waals surface area contributed by atoms with Crippen LogP contribution in [0.15, 0.2) is 30.5 Å². The average Bonchev–Trinajstić information content (AvgIpc) is 3.05. The molecule has 150 valence electrons. The van der Waals surface area contributed by atoms with E-state index in [0.717, 1.165) is 44.7 Å². The summed E-state index contributed by atoms with van der Waals surface area (Å²) in [5.74, 6) is -0.440. The molecule has 28 heavy (non-hydrogen) atoms. The number of carbonyl (C=O) groups is 1. The summed E-state index contributed by atoms with van der Waals surface area (Å²) in [6.45, 7) is 8.25. The number of halogens is 1. The van der Waals surface area contributed by atoms with Crippen molar-refractivity contribution in [2.45, 2.75) is 45.4 Å². The lowest BCUT2D eigenvalue weighted by Gasteiger charge is -2.47. The monoisotopic (exact) mass is 386 g/mol. The van der Waals surface area contributed by atoms with E-state index in [2.05, 4.69) is 30.0 Å². The highest BCUT2D eigenvalue weighted by Gasteiger charge is 2.42. The van der Waals surface area contributed by atoms with Crippen LogP contribution in [0.25, 0.3) is 0 Å². The Kier molecular flexibility index (Phi) is 5.21. The third kappa shape index (κ3) is 3.82. The van der Waals surface area contributed by atoms with Crippen molar-refractivity contribution < 1.29 is 13.9 Å². The number of likely N-dealkylation sites (tertiary alicyclic amines) is 1. The number of nitrogens with zero attached hydrogens (tertiary/aromatic N) is 4. The van der Waals surface area contributed by atoms with E-state index in [1.807, 2.05) is 4.68 Å². The van der Waals surface area contributed by atoms with E-state index in [9.17, 15) is 9.18 Å². The minimum atomic E-state index is -0.348. The number of anilines is 1. The number of carbonyl (C=O) groups excluding carboxylic acids is 1. The molecule has 2 saturated heterocycles. The summed E-state index contributed by atoms with van der Waals surface area (Å²) < 4.78 is 21.6. The lowest BCUT2D eigenvalue weighted by atomic mass is 9.88. The average molecular weight is 386 g/mol. The molecule has 0 atom stereocenters. The number of benzene rings is 1. The number of amides is 1. The molecule has 2 aliphatic rings. The fourth-order valence-electron chi connectivity index (χ4n) is 4.13. The van der Waals surface area contributed by atoms with Crippen LogP contribution in [0.5, 0.6) is 0 Å². The first-order valence-corrected chi connectivity index (χ1v) is 9.93. The molecule has 1 aromatic carbocycles. The predicted octanol–water partition coefficient (Wildman–Crippen LogP) is 2.75. The van der Waals surface area contributed by atoms with E-state index in [-0.39, 0.29) is 23.9 Å². The van der Waals surface area contributed by atoms with Crippen LogP contribution in [-0.4, -0.2) is 52.4 Å². The van der Waals surface area contributed by atoms with Crippen LogP contribution in [0, 0.1) is 12.7 Å². The first-order chi connectivity index (χ1) is 13.5. The summed E-state index contributed by atoms with van der Waals surface area (Å²) in [7, 11) is 0. The first-order valence-electron chi connectivity index (χ1n) is 9.93. The summed E-state index contributed by atoms with van der Waals surface area (Å²) in [4.78, 5) is 16.5. The molecule has 0 aliphatic carbocycles. The molecule has 0 N–H and O–H groups in total. The van der Waals surface area contributed by atoms with Crippen molar-refractivity contribution in [3.8, 4) is 0 Å². The van der Waals surface area contributed by atoms with E-state index >= 15 is 0 Å². The predicted molar refractivity (Wildman–Crippen MR) is 105 cm³/mol. The van der Waals surface area contributed by atoms with Crippen molar-refractivity contribution in [3.63, 3.8) is 0 Å². The Morgan fingerprint density at radius 2 is 2.07 bits per heavy atom. The van der Waals surface area contributed by atoms with Crippen molar-refractivity contribution in [1.29, 1.82) is 0 Å². The lowest BCUT2D eigenvalue weighted by Crippen LogP contribution is -2.58. The number of rotatable bonds is 4. The number of piperidine rings is 1. The molecule has 2 aromatic rings. The molecule has 0 radical (unpaired) electrons. The minimum absolute atomic E-state index is 0.0545. The number of aromatic nitrogens is 2. The second-order valence-electron chi connectivity index (χ2n) is 7.80. The van der Waals surface area contributed by atoms with Gasteiger partial charge in [0.15, 0.2) is 0 Å². The normalized spacial score (nSPS) is 20.1. The minimum Gasteiger partial charge on any atom is -0.363 e. The van der Waals surface area contributed by atoms with Crippen molar-refractivity contribution in [2.24, 2.45) is 0 Å². The molecule has 1 amide bonds. The van der Waals surface area contributed by atoms with E-state index in [4.69, 9.17) is 4.74 Å². The van der Waals surface area contributed by atoms with Crippen LogP contribution in [0.3, 0.4) is 0 Å². The van der Waals surface area contributed by atoms with Crippen LogP contribution in [-0.2, 0) is 22.6 Å². The van der Waals surface area contributed by atoms with Gasteiger partial charge in [-0.15, -0.1) is 0 Å². The maximum atomic E-state index is 13.6. The molecular weight excluding hydrogens is 359 g/mol. The molecular formula is C21H27FN4O2. The van der Waals surface area contributed by atoms with Crippen molar-refractivity contribution in [1.82, 2.24) is 14.7 Å². The fourth-order valence-corrected chi connectivity index (χ4v) is 4.13. The van der Waals surface area contributed by atoms with Crippen LogP contribution < -0.4 is 4.90 Å². The molecule has 0 saturated carbocycles. The third-order valence-electron chi connectivity index (χ3n) is 5.90. The summed E-state index contributed by atoms with van der Waals surface area (Å²) in [5, 5.41) is 4.53. The topological polar surface area (TPSA) is 50.6 Å². The van der Waals surface area contributed by atoms with E-state index in [1.165, 1.54) is 17.7 Å². The molecule has 0 bridgehead atoms. The highest BCUT2D eigenvalue weighted by atomic mass is 19.1. The quantitative estimate of drug-likeness (QED) is 0.811. The van der Waals surface area contributed by atoms with Crippen LogP contribution in [0.1, 0.15) is 31.0 Å². The molecule has 1 aromatic heterocycles. The molecule has 3 heterocycles. The van der Waals surface area contributed by atoms with Gasteiger partial charge in [-0.3, -0.25) is 14.4 Å². The molecule has 2 aliphatic heterocycles. The van der Waals surface area contributed by atoms with E-state index in [0.29, 0.717) is 12.2 Å². The van der Waals surface area contributed by atoms with Crippen molar-refractivity contribution in [3.05, 3.63) is 47.5 Å². The van der Waals surface area contributed by atoms with Gasteiger partial charge in [0.2, 0.25) is 0 Å². The Labute approximate surface area is 164 Å². The number of hydrogen-bond donors (Lipinski definition) is 0. The molecule has 4 rings (SSSR count). The van der Waals surface area contributed by atoms with Crippen molar-refractivity contribution in [2.75, 3.05) is 31.1 Å². The van der Waals surface area contributed by atoms with Crippen LogP contribution >= 0.6 is 0 Å². The second kappa shape index (κ2) is 7.64. The Morgan fingerprint density at radius 1 is 1.29 bits per heavy atom. The standard InChI is InChI=1S/C21H27FN4O2/c1-3-25-13-17(16(2)23-25)12-24-9-7-21(8-10-24)15-26(20(27)14-28-21)19-6-4-5-18(22)11-19/h4-6,11,13H,3,7-10,12,14-15H2,1-2H3. The van der Waals surface area contributed by atoms with E-state index < -0.39 is 0 Å². The van der Waals surface area contributed by atoms with Gasteiger partial charge in [0.1, 0.15) is 12.4 Å². The molecule has 6 nitrogen and oxygen atoms in total. The number of morpholine rings is 1. The third-order valence-corrected chi connectivity index (χ3v) is 5.90. The van der Waals surface area contributed by atoms with Gasteiger partial charge in [-0.25, -0.2) is 4.39 Å². The Balaban J connectivity index is 1.41. The second-order valence-corrected chi connectivity index (χ2v) is 7.80. The maximum absolute atomic E-state index is 13.6. The van der Waals surface area contributed by atoms with Gasteiger partial charge in [-0.05, 0) is 44.9 Å². The molecule has 7 heteroatoms. The SMILES string of the molecule is CCn1cc(CN2CCC3(CC2)CN(c2cccc(F)c2)C(=O)CO3)c(C)n1. The van der Waals surface area contributed by atoms with Gasteiger partial charge in [0.05, 0.1) is 17.8 Å². The van der Waals surface area contributed by atoms with Gasteiger partial charge in [0.25, 0.3) is 5.91 Å². The molecule has 2 fully saturated rings. The highest BCUT2D eigenvalue weighted by Crippen LogP contribution is 2.33. The highest BCUT2D eigenvalue weighted by molar-refractivity contribution is 5.95. The van der Waals surface area contributed by atoms with E-state index in [1.54, 1.807) is 17.0 Å². The Hall–Kier alpha value is -2.25. The molecule has 1 spiro atoms. The van der Waals surface area contributed by atoms with Crippen LogP contribution in [0.4, 0.5) is 10.1 Å². The zero-order chi connectivity index (χ0) is 19.7. The van der Waals surface area contributed by atoms with Crippen molar-refractivity contribution >= 4 is 11.6 Å². The number of aryl methyl sites for hydroxylation is 2. The largest absolute Gasteiger partial charge is 0.363 e. The number of ether oxygens (including phenoxy) is 1. The van der Waals surface area contributed by atoms with Gasteiger partial charge in [-0.2, -0.15) is 5.10 Å². The van der Waals surface area contributed by atoms with Gasteiger partial charge in [0, 0.05) is 43.6 Å². The smallest absolute Gasteiger partial charge is 0.253 e. The van der Waals surface area contributed by atoms with Crippen LogP contribution in [0.2, 0.25) is 0 Å². The zero-order valence-electron chi connectivity index (χ0n) is 16.5. The summed E-state index contributed by atoms with van der Waals surface area (Å²) in [6, 6.07) is 6.23. The number of hydrogen-bond acceptors (Lipinski definition) is 4. The zero-order valence-corrected chi connectivity index (χ0v) is 16.5. The van der Waals surface area contributed by atoms with Gasteiger partial charge in [-0.1, -0.05) is 6.07 Å². The fraction of sp³-hybridized carbons (Fsp3) is 0.524. The first kappa shape index (κ1) is 19.1. The summed E-state index contributed by atoms with van der Waals surface area (Å²) in [6.07, 6.45) is 3.83. The Bertz CT molecular complexity index is 858. The summed E-state index contributed by atoms with van der Waals surface area (Å²) >= 11 is 0. The molecule has 0 unspecified atom stereocenters. The Morgan fingerprint density at radius 3 is 2.75 bits per heavy atom. The van der Waals surface area contributed by atoms with Gasteiger partial charge < -0.3 is 9.64 Å². The lowest BCUT2D eigenvalue weighted by molar-refractivity contribution is -0.144. The maximum Gasteiger partial charge on any atom is 0.253 e.